The van der Waals surface area contributed by atoms with Crippen LogP contribution in [0.2, 0.25) is 5.02 Å². The van der Waals surface area contributed by atoms with E-state index in [-0.39, 0.29) is 41.2 Å². The molecule has 0 fully saturated rings. The molecule has 0 aliphatic carbocycles. The minimum absolute atomic E-state index is 0.0291. The van der Waals surface area contributed by atoms with Crippen molar-refractivity contribution in [2.45, 2.75) is 43.8 Å². The monoisotopic (exact) mass is 663 g/mol. The van der Waals surface area contributed by atoms with Gasteiger partial charge in [0.25, 0.3) is 10.0 Å². The first-order valence-electron chi connectivity index (χ1n) is 14.7. The Labute approximate surface area is 275 Å². The lowest BCUT2D eigenvalue weighted by Gasteiger charge is -2.34. The Morgan fingerprint density at radius 3 is 2.04 bits per heavy atom. The molecule has 4 aromatic rings. The number of hydrogen-bond acceptors (Lipinski definition) is 6. The number of ether oxygens (including phenoxy) is 2. The van der Waals surface area contributed by atoms with Crippen LogP contribution in [0.4, 0.5) is 5.69 Å². The summed E-state index contributed by atoms with van der Waals surface area (Å²) in [7, 11) is -1.40. The van der Waals surface area contributed by atoms with E-state index in [0.29, 0.717) is 10.8 Å². The van der Waals surface area contributed by atoms with E-state index in [2.05, 4.69) is 5.32 Å². The number of halogens is 1. The fourth-order valence-electron chi connectivity index (χ4n) is 4.95. The topological polar surface area (TPSA) is 105 Å². The van der Waals surface area contributed by atoms with Crippen LogP contribution in [0, 0.1) is 0 Å². The summed E-state index contributed by atoms with van der Waals surface area (Å²) in [6.07, 6.45) is 0.207. The van der Waals surface area contributed by atoms with Crippen LogP contribution < -0.4 is 19.1 Å². The zero-order valence-electron chi connectivity index (χ0n) is 26.2. The zero-order valence-corrected chi connectivity index (χ0v) is 27.8. The molecule has 0 radical (unpaired) electrons. The summed E-state index contributed by atoms with van der Waals surface area (Å²) in [5.41, 5.74) is 1.73. The third kappa shape index (κ3) is 8.58. The smallest absolute Gasteiger partial charge is 0.264 e. The average Bonchev–Trinajstić information content (AvgIpc) is 3.06. The van der Waals surface area contributed by atoms with Crippen molar-refractivity contribution in [3.8, 4) is 11.5 Å². The molecule has 46 heavy (non-hydrogen) atoms. The van der Waals surface area contributed by atoms with Crippen molar-refractivity contribution >= 4 is 39.1 Å². The van der Waals surface area contributed by atoms with Gasteiger partial charge in [0, 0.05) is 24.0 Å². The molecule has 0 unspecified atom stereocenters. The van der Waals surface area contributed by atoms with E-state index in [4.69, 9.17) is 21.1 Å². The highest BCUT2D eigenvalue weighted by Gasteiger charge is 2.35. The Balaban J connectivity index is 1.83. The number of sulfonamides is 1. The van der Waals surface area contributed by atoms with Gasteiger partial charge in [0.2, 0.25) is 11.8 Å². The number of hydrogen-bond donors (Lipinski definition) is 1. The number of para-hydroxylation sites is 2. The first-order chi connectivity index (χ1) is 22.0. The molecule has 242 valence electrons. The largest absolute Gasteiger partial charge is 0.497 e. The normalized spacial score (nSPS) is 11.9. The number of carbonyl (C=O) groups is 2. The number of amides is 2. The molecule has 0 aromatic heterocycles. The zero-order chi connectivity index (χ0) is 33.3. The maximum atomic E-state index is 14.6. The molecule has 0 spiro atoms. The predicted octanol–water partition coefficient (Wildman–Crippen LogP) is 5.72. The van der Waals surface area contributed by atoms with Crippen molar-refractivity contribution in [3.05, 3.63) is 119 Å². The molecular formula is C35H38ClN3O6S. The van der Waals surface area contributed by atoms with Crippen molar-refractivity contribution in [2.75, 3.05) is 25.1 Å². The standard InChI is InChI=1S/C35H38ClN3O6S/c1-25(2)37-35(41)32(22-26-10-6-5-7-11-26)38(23-27-14-16-28(36)17-15-27)34(40)24-39(31-12-8-9-13-33(31)45-4)46(42,43)30-20-18-29(44-3)19-21-30/h5-21,25,32H,22-24H2,1-4H3,(H,37,41)/t32-/m0/s1. The predicted molar refractivity (Wildman–Crippen MR) is 180 cm³/mol. The number of anilines is 1. The molecule has 0 aliphatic heterocycles. The van der Waals surface area contributed by atoms with E-state index in [0.717, 1.165) is 15.4 Å². The fraction of sp³-hybridized carbons (Fsp3) is 0.257. The van der Waals surface area contributed by atoms with Gasteiger partial charge in [-0.3, -0.25) is 13.9 Å². The lowest BCUT2D eigenvalue weighted by molar-refractivity contribution is -0.140. The Morgan fingerprint density at radius 1 is 0.804 bits per heavy atom. The summed E-state index contributed by atoms with van der Waals surface area (Å²) in [6.45, 7) is 3.10. The number of benzene rings is 4. The van der Waals surface area contributed by atoms with Crippen molar-refractivity contribution in [1.29, 1.82) is 0 Å². The number of methoxy groups -OCH3 is 2. The van der Waals surface area contributed by atoms with Crippen LogP contribution in [0.1, 0.15) is 25.0 Å². The summed E-state index contributed by atoms with van der Waals surface area (Å²) in [4.78, 5) is 29.7. The molecule has 0 bridgehead atoms. The molecule has 4 aromatic carbocycles. The van der Waals surface area contributed by atoms with Gasteiger partial charge in [0.1, 0.15) is 24.1 Å². The summed E-state index contributed by atoms with van der Waals surface area (Å²) >= 11 is 6.14. The Hall–Kier alpha value is -4.54. The van der Waals surface area contributed by atoms with E-state index in [1.165, 1.54) is 43.4 Å². The average molecular weight is 664 g/mol. The molecule has 0 saturated carbocycles. The van der Waals surface area contributed by atoms with Gasteiger partial charge < -0.3 is 19.7 Å². The number of nitrogens with zero attached hydrogens (tertiary/aromatic N) is 2. The van der Waals surface area contributed by atoms with Crippen LogP contribution in [-0.2, 0) is 32.6 Å². The van der Waals surface area contributed by atoms with Gasteiger partial charge in [-0.15, -0.1) is 0 Å². The maximum absolute atomic E-state index is 14.6. The Bertz CT molecular complexity index is 1720. The van der Waals surface area contributed by atoms with Crippen LogP contribution >= 0.6 is 11.6 Å². The van der Waals surface area contributed by atoms with E-state index < -0.39 is 28.5 Å². The van der Waals surface area contributed by atoms with Gasteiger partial charge in [0.15, 0.2) is 0 Å². The van der Waals surface area contributed by atoms with Crippen molar-refractivity contribution in [3.63, 3.8) is 0 Å². The first kappa shape index (κ1) is 34.3. The van der Waals surface area contributed by atoms with Crippen LogP contribution in [0.5, 0.6) is 11.5 Å². The molecule has 1 atom stereocenters. The summed E-state index contributed by atoms with van der Waals surface area (Å²) < 4.78 is 40.3. The molecule has 1 N–H and O–H groups in total. The summed E-state index contributed by atoms with van der Waals surface area (Å²) in [6, 6.07) is 27.6. The van der Waals surface area contributed by atoms with Crippen LogP contribution in [0.15, 0.2) is 108 Å². The van der Waals surface area contributed by atoms with Gasteiger partial charge in [-0.25, -0.2) is 8.42 Å². The molecule has 0 aliphatic rings. The highest BCUT2D eigenvalue weighted by atomic mass is 35.5. The molecule has 4 rings (SSSR count). The number of carbonyl (C=O) groups excluding carboxylic acids is 2. The lowest BCUT2D eigenvalue weighted by Crippen LogP contribution is -2.54. The Kier molecular flexibility index (Phi) is 11.7. The lowest BCUT2D eigenvalue weighted by atomic mass is 10.0. The van der Waals surface area contributed by atoms with Crippen LogP contribution in [0.25, 0.3) is 0 Å². The second kappa shape index (κ2) is 15.6. The Morgan fingerprint density at radius 2 is 1.43 bits per heavy atom. The molecule has 0 saturated heterocycles. The molecule has 2 amide bonds. The molecule has 9 nitrogen and oxygen atoms in total. The van der Waals surface area contributed by atoms with Gasteiger partial charge in [-0.1, -0.05) is 66.2 Å². The van der Waals surface area contributed by atoms with Crippen LogP contribution in [-0.4, -0.2) is 58.0 Å². The quantitative estimate of drug-likeness (QED) is 0.185. The minimum atomic E-state index is -4.31. The number of rotatable bonds is 14. The van der Waals surface area contributed by atoms with E-state index in [9.17, 15) is 18.0 Å². The second-order valence-corrected chi connectivity index (χ2v) is 13.2. The highest BCUT2D eigenvalue weighted by Crippen LogP contribution is 2.33. The van der Waals surface area contributed by atoms with Crippen LogP contribution in [0.3, 0.4) is 0 Å². The van der Waals surface area contributed by atoms with Crippen molar-refractivity contribution in [2.24, 2.45) is 0 Å². The highest BCUT2D eigenvalue weighted by molar-refractivity contribution is 7.92. The van der Waals surface area contributed by atoms with Gasteiger partial charge >= 0.3 is 0 Å². The van der Waals surface area contributed by atoms with Crippen molar-refractivity contribution in [1.82, 2.24) is 10.2 Å². The van der Waals surface area contributed by atoms with Gasteiger partial charge in [-0.2, -0.15) is 0 Å². The molecule has 11 heteroatoms. The SMILES string of the molecule is COc1ccc(S(=O)(=O)N(CC(=O)N(Cc2ccc(Cl)cc2)[C@@H](Cc2ccccc2)C(=O)NC(C)C)c2ccccc2OC)cc1. The third-order valence-electron chi connectivity index (χ3n) is 7.25. The summed E-state index contributed by atoms with van der Waals surface area (Å²) in [5.74, 6) is -0.205. The fourth-order valence-corrected chi connectivity index (χ4v) is 6.50. The van der Waals surface area contributed by atoms with Crippen molar-refractivity contribution < 1.29 is 27.5 Å². The third-order valence-corrected chi connectivity index (χ3v) is 9.27. The maximum Gasteiger partial charge on any atom is 0.264 e. The van der Waals surface area contributed by atoms with E-state index in [1.54, 1.807) is 48.5 Å². The second-order valence-electron chi connectivity index (χ2n) is 10.9. The molecular weight excluding hydrogens is 626 g/mol. The number of nitrogens with one attached hydrogen (secondary N) is 1. The summed E-state index contributed by atoms with van der Waals surface area (Å²) in [5, 5.41) is 3.47. The van der Waals surface area contributed by atoms with E-state index in [1.807, 2.05) is 44.2 Å². The van der Waals surface area contributed by atoms with Gasteiger partial charge in [0.05, 0.1) is 24.8 Å². The molecule has 0 heterocycles. The van der Waals surface area contributed by atoms with E-state index >= 15 is 0 Å². The minimum Gasteiger partial charge on any atom is -0.497 e. The first-order valence-corrected chi connectivity index (χ1v) is 16.5. The van der Waals surface area contributed by atoms with Gasteiger partial charge in [-0.05, 0) is 73.5 Å².